The van der Waals surface area contributed by atoms with Crippen molar-refractivity contribution in [2.75, 3.05) is 13.1 Å². The molecular weight excluding hydrogens is 351 g/mol. The first-order chi connectivity index (χ1) is 12.2. The third-order valence-electron chi connectivity index (χ3n) is 4.44. The molecule has 3 N–H and O–H groups in total. The molecule has 1 aromatic carbocycles. The minimum absolute atomic E-state index is 0.0198. The molecule has 1 saturated carbocycles. The summed E-state index contributed by atoms with van der Waals surface area (Å²) in [5.74, 6) is -0.877. The van der Waals surface area contributed by atoms with E-state index in [1.54, 1.807) is 0 Å². The molecule has 2 amide bonds. The minimum atomic E-state index is -4.38. The maximum atomic E-state index is 12.5. The number of aliphatic carboxylic acids is 1. The predicted octanol–water partition coefficient (Wildman–Crippen LogP) is 2.44. The molecule has 1 aliphatic carbocycles. The number of urea groups is 1. The summed E-state index contributed by atoms with van der Waals surface area (Å²) in [5.41, 5.74) is -0.161. The van der Waals surface area contributed by atoms with Crippen LogP contribution in [0.3, 0.4) is 0 Å². The summed E-state index contributed by atoms with van der Waals surface area (Å²) >= 11 is 0. The van der Waals surface area contributed by atoms with Gasteiger partial charge in [-0.2, -0.15) is 13.2 Å². The summed E-state index contributed by atoms with van der Waals surface area (Å²) in [5, 5.41) is 14.2. The second-order valence-corrected chi connectivity index (χ2v) is 6.30. The van der Waals surface area contributed by atoms with Gasteiger partial charge in [-0.25, -0.2) is 4.79 Å². The van der Waals surface area contributed by atoms with Crippen molar-refractivity contribution in [2.24, 2.45) is 0 Å². The van der Waals surface area contributed by atoms with E-state index in [2.05, 4.69) is 10.6 Å². The van der Waals surface area contributed by atoms with Crippen LogP contribution in [-0.2, 0) is 17.5 Å². The lowest BCUT2D eigenvalue weighted by Gasteiger charge is -2.42. The van der Waals surface area contributed by atoms with Gasteiger partial charge in [0.1, 0.15) is 0 Å². The first kappa shape index (κ1) is 20.0. The highest BCUT2D eigenvalue weighted by Crippen LogP contribution is 2.29. The molecule has 6 nitrogen and oxygen atoms in total. The van der Waals surface area contributed by atoms with Crippen LogP contribution < -0.4 is 10.6 Å². The topological polar surface area (TPSA) is 81.7 Å². The number of carbonyl (C=O) groups is 2. The van der Waals surface area contributed by atoms with Gasteiger partial charge in [0.25, 0.3) is 0 Å². The van der Waals surface area contributed by atoms with Gasteiger partial charge in [-0.05, 0) is 37.1 Å². The molecule has 0 atom stereocenters. The van der Waals surface area contributed by atoms with E-state index in [1.807, 2.05) is 11.8 Å². The van der Waals surface area contributed by atoms with Crippen molar-refractivity contribution in [3.05, 3.63) is 35.4 Å². The number of halogens is 3. The van der Waals surface area contributed by atoms with Gasteiger partial charge < -0.3 is 15.7 Å². The Labute approximate surface area is 149 Å². The highest BCUT2D eigenvalue weighted by Gasteiger charge is 2.34. The van der Waals surface area contributed by atoms with Crippen LogP contribution in [0.15, 0.2) is 24.3 Å². The Balaban J connectivity index is 1.71. The predicted molar refractivity (Wildman–Crippen MR) is 88.5 cm³/mol. The Bertz CT molecular complexity index is 628. The van der Waals surface area contributed by atoms with Crippen LogP contribution in [0, 0.1) is 0 Å². The Morgan fingerprint density at radius 3 is 2.35 bits per heavy atom. The van der Waals surface area contributed by atoms with Crippen LogP contribution in [-0.4, -0.2) is 47.2 Å². The van der Waals surface area contributed by atoms with Gasteiger partial charge in [-0.3, -0.25) is 9.69 Å². The zero-order valence-corrected chi connectivity index (χ0v) is 14.3. The Morgan fingerprint density at radius 1 is 1.23 bits per heavy atom. The number of alkyl halides is 3. The number of hydrogen-bond donors (Lipinski definition) is 3. The van der Waals surface area contributed by atoms with Crippen molar-refractivity contribution in [2.45, 2.75) is 44.6 Å². The third-order valence-corrected chi connectivity index (χ3v) is 4.44. The zero-order chi connectivity index (χ0) is 19.3. The molecule has 0 spiro atoms. The third kappa shape index (κ3) is 5.62. The van der Waals surface area contributed by atoms with Crippen LogP contribution >= 0.6 is 0 Å². The van der Waals surface area contributed by atoms with Crippen molar-refractivity contribution in [3.63, 3.8) is 0 Å². The molecule has 26 heavy (non-hydrogen) atoms. The van der Waals surface area contributed by atoms with Crippen LogP contribution in [0.1, 0.15) is 30.9 Å². The van der Waals surface area contributed by atoms with E-state index in [0.29, 0.717) is 24.9 Å². The van der Waals surface area contributed by atoms with Crippen LogP contribution in [0.5, 0.6) is 0 Å². The summed E-state index contributed by atoms with van der Waals surface area (Å²) < 4.78 is 37.5. The van der Waals surface area contributed by atoms with E-state index in [1.165, 1.54) is 12.1 Å². The lowest BCUT2D eigenvalue weighted by atomic mass is 9.85. The lowest BCUT2D eigenvalue weighted by molar-refractivity contribution is -0.139. The molecule has 2 rings (SSSR count). The van der Waals surface area contributed by atoms with E-state index < -0.39 is 23.7 Å². The molecule has 144 valence electrons. The van der Waals surface area contributed by atoms with Crippen LogP contribution in [0.4, 0.5) is 18.0 Å². The van der Waals surface area contributed by atoms with Crippen molar-refractivity contribution in [1.82, 2.24) is 15.5 Å². The molecule has 0 radical (unpaired) electrons. The normalized spacial score (nSPS) is 19.7. The fraction of sp³-hybridized carbons (Fsp3) is 0.529. The van der Waals surface area contributed by atoms with Crippen LogP contribution in [0.2, 0.25) is 0 Å². The van der Waals surface area contributed by atoms with Crippen molar-refractivity contribution in [1.29, 1.82) is 0 Å². The molecule has 0 heterocycles. The quantitative estimate of drug-likeness (QED) is 0.686. The number of carboxylic acid groups (broad SMARTS) is 1. The molecule has 1 aliphatic rings. The standard InChI is InChI=1S/C17H22F3N3O3/c1-2-23(10-15(24)25)14-7-13(8-14)22-16(26)21-9-11-3-5-12(6-4-11)17(18,19)20/h3-6,13-14H,2,7-10H2,1H3,(H,24,25)(H2,21,22,26). The Kier molecular flexibility index (Phi) is 6.47. The molecule has 0 unspecified atom stereocenters. The van der Waals surface area contributed by atoms with E-state index in [-0.39, 0.29) is 25.2 Å². The maximum absolute atomic E-state index is 12.5. The fourth-order valence-electron chi connectivity index (χ4n) is 2.91. The molecule has 1 fully saturated rings. The van der Waals surface area contributed by atoms with E-state index in [4.69, 9.17) is 5.11 Å². The SMILES string of the molecule is CCN(CC(=O)O)C1CC(NC(=O)NCc2ccc(C(F)(F)F)cc2)C1. The number of nitrogens with one attached hydrogen (secondary N) is 2. The number of carboxylic acids is 1. The number of carbonyl (C=O) groups excluding carboxylic acids is 1. The highest BCUT2D eigenvalue weighted by molar-refractivity contribution is 5.74. The summed E-state index contributed by atoms with van der Waals surface area (Å²) in [4.78, 5) is 24.5. The molecule has 1 aromatic rings. The van der Waals surface area contributed by atoms with Gasteiger partial charge in [0.05, 0.1) is 12.1 Å². The summed E-state index contributed by atoms with van der Waals surface area (Å²) in [6.45, 7) is 2.62. The van der Waals surface area contributed by atoms with Gasteiger partial charge in [0.2, 0.25) is 0 Å². The Hall–Kier alpha value is -2.29. The average molecular weight is 373 g/mol. The summed E-state index contributed by atoms with van der Waals surface area (Å²) in [6.07, 6.45) is -3.03. The second kappa shape index (κ2) is 8.39. The number of rotatable bonds is 7. The number of likely N-dealkylation sites (N-methyl/N-ethyl adjacent to an activating group) is 1. The minimum Gasteiger partial charge on any atom is -0.480 e. The van der Waals surface area contributed by atoms with Crippen molar-refractivity contribution >= 4 is 12.0 Å². The number of amides is 2. The average Bonchev–Trinajstić information content (AvgIpc) is 2.53. The molecule has 0 saturated heterocycles. The van der Waals surface area contributed by atoms with Gasteiger partial charge in [0, 0.05) is 18.6 Å². The van der Waals surface area contributed by atoms with Crippen molar-refractivity contribution < 1.29 is 27.9 Å². The molecule has 0 bridgehead atoms. The molecule has 0 aromatic heterocycles. The smallest absolute Gasteiger partial charge is 0.416 e. The zero-order valence-electron chi connectivity index (χ0n) is 14.3. The van der Waals surface area contributed by atoms with E-state index in [0.717, 1.165) is 12.1 Å². The number of nitrogens with zero attached hydrogens (tertiary/aromatic N) is 1. The highest BCUT2D eigenvalue weighted by atomic mass is 19.4. The fourth-order valence-corrected chi connectivity index (χ4v) is 2.91. The van der Waals surface area contributed by atoms with E-state index in [9.17, 15) is 22.8 Å². The van der Waals surface area contributed by atoms with Gasteiger partial charge in [-0.1, -0.05) is 19.1 Å². The molecule has 0 aliphatic heterocycles. The van der Waals surface area contributed by atoms with Crippen LogP contribution in [0.25, 0.3) is 0 Å². The monoisotopic (exact) mass is 373 g/mol. The number of hydrogen-bond acceptors (Lipinski definition) is 3. The number of benzene rings is 1. The first-order valence-electron chi connectivity index (χ1n) is 8.35. The van der Waals surface area contributed by atoms with Gasteiger partial charge >= 0.3 is 18.2 Å². The molecule has 9 heteroatoms. The maximum Gasteiger partial charge on any atom is 0.416 e. The molecular formula is C17H22F3N3O3. The first-order valence-corrected chi connectivity index (χ1v) is 8.35. The van der Waals surface area contributed by atoms with Gasteiger partial charge in [0.15, 0.2) is 0 Å². The van der Waals surface area contributed by atoms with Crippen molar-refractivity contribution in [3.8, 4) is 0 Å². The Morgan fingerprint density at radius 2 is 1.85 bits per heavy atom. The largest absolute Gasteiger partial charge is 0.480 e. The van der Waals surface area contributed by atoms with Gasteiger partial charge in [-0.15, -0.1) is 0 Å². The summed E-state index contributed by atoms with van der Waals surface area (Å²) in [6, 6.07) is 4.32. The second-order valence-electron chi connectivity index (χ2n) is 6.30. The lowest BCUT2D eigenvalue weighted by Crippen LogP contribution is -2.56. The van der Waals surface area contributed by atoms with E-state index >= 15 is 0 Å². The summed E-state index contributed by atoms with van der Waals surface area (Å²) in [7, 11) is 0.